The summed E-state index contributed by atoms with van der Waals surface area (Å²) >= 11 is 5.39. The predicted molar refractivity (Wildman–Crippen MR) is 40.0 cm³/mol. The highest BCUT2D eigenvalue weighted by molar-refractivity contribution is 6.30. The molecule has 0 atom stereocenters. The maximum atomic E-state index is 12.6. The van der Waals surface area contributed by atoms with Gasteiger partial charge in [0.2, 0.25) is 0 Å². The second-order valence-corrected chi connectivity index (χ2v) is 2.42. The maximum absolute atomic E-state index is 12.6. The Bertz CT molecular complexity index is 273. The van der Waals surface area contributed by atoms with Crippen molar-refractivity contribution < 1.29 is 9.18 Å². The zero-order valence-electron chi connectivity index (χ0n) is 5.60. The first-order valence-electron chi connectivity index (χ1n) is 3.04. The van der Waals surface area contributed by atoms with Gasteiger partial charge in [0.05, 0.1) is 5.02 Å². The largest absolute Gasteiger partial charge is 0.303 e. The van der Waals surface area contributed by atoms with Crippen molar-refractivity contribution in [1.82, 2.24) is 0 Å². The Labute approximate surface area is 68.8 Å². The lowest BCUT2D eigenvalue weighted by atomic mass is 10.2. The minimum atomic E-state index is -0.606. The third kappa shape index (κ3) is 2.02. The number of aldehydes is 1. The molecule has 0 saturated heterocycles. The molecule has 0 fully saturated rings. The molecule has 0 amide bonds. The second-order valence-electron chi connectivity index (χ2n) is 2.02. The lowest BCUT2D eigenvalue weighted by molar-refractivity contribution is -0.107. The van der Waals surface area contributed by atoms with Gasteiger partial charge in [0.1, 0.15) is 12.1 Å². The van der Waals surface area contributed by atoms with Gasteiger partial charge in [0.15, 0.2) is 0 Å². The van der Waals surface area contributed by atoms with Crippen LogP contribution in [-0.4, -0.2) is 6.29 Å². The van der Waals surface area contributed by atoms with E-state index in [-0.39, 0.29) is 11.4 Å². The van der Waals surface area contributed by atoms with E-state index in [2.05, 4.69) is 6.07 Å². The van der Waals surface area contributed by atoms with Crippen molar-refractivity contribution >= 4 is 17.9 Å². The number of hydrogen-bond acceptors (Lipinski definition) is 1. The van der Waals surface area contributed by atoms with E-state index in [0.717, 1.165) is 0 Å². The van der Waals surface area contributed by atoms with Crippen molar-refractivity contribution in [2.45, 2.75) is 6.42 Å². The predicted octanol–water partition coefficient (Wildman–Crippen LogP) is 2.02. The molecule has 1 rings (SSSR count). The fourth-order valence-corrected chi connectivity index (χ4v) is 0.808. The van der Waals surface area contributed by atoms with Crippen LogP contribution in [0.15, 0.2) is 12.1 Å². The van der Waals surface area contributed by atoms with Crippen LogP contribution in [0.4, 0.5) is 4.39 Å². The molecule has 0 N–H and O–H groups in total. The average Bonchev–Trinajstić information content (AvgIpc) is 1.98. The molecule has 0 saturated carbocycles. The zero-order chi connectivity index (χ0) is 8.27. The van der Waals surface area contributed by atoms with Gasteiger partial charge in [-0.3, -0.25) is 0 Å². The summed E-state index contributed by atoms with van der Waals surface area (Å²) < 4.78 is 12.6. The summed E-state index contributed by atoms with van der Waals surface area (Å²) in [5.74, 6) is -0.606. The molecule has 0 heterocycles. The summed E-state index contributed by atoms with van der Waals surface area (Å²) in [5, 5.41) is 0.0275. The number of benzene rings is 1. The number of carbonyl (C=O) groups excluding carboxylic acids is 1. The van der Waals surface area contributed by atoms with E-state index in [1.54, 1.807) is 6.07 Å². The summed E-state index contributed by atoms with van der Waals surface area (Å²) in [6.45, 7) is 0. The molecular formula is C8H5ClFO. The van der Waals surface area contributed by atoms with Crippen LogP contribution in [0.1, 0.15) is 5.56 Å². The van der Waals surface area contributed by atoms with E-state index in [1.807, 2.05) is 0 Å². The molecule has 0 bridgehead atoms. The number of halogens is 2. The van der Waals surface area contributed by atoms with Crippen molar-refractivity contribution in [3.8, 4) is 0 Å². The van der Waals surface area contributed by atoms with Crippen LogP contribution in [0.3, 0.4) is 0 Å². The first-order valence-corrected chi connectivity index (χ1v) is 3.41. The van der Waals surface area contributed by atoms with Crippen molar-refractivity contribution in [1.29, 1.82) is 0 Å². The monoisotopic (exact) mass is 171 g/mol. The fraction of sp³-hybridized carbons (Fsp3) is 0.125. The summed E-state index contributed by atoms with van der Waals surface area (Å²) in [5.41, 5.74) is 0.516. The standard InChI is InChI=1S/C8H5ClFO/c9-7-2-1-6(3-4-11)5-8(7)10/h1-2,4H,3H2. The quantitative estimate of drug-likeness (QED) is 0.623. The minimum Gasteiger partial charge on any atom is -0.303 e. The molecule has 0 aliphatic heterocycles. The summed E-state index contributed by atoms with van der Waals surface area (Å²) in [4.78, 5) is 10.00. The Morgan fingerprint density at radius 1 is 1.64 bits per heavy atom. The van der Waals surface area contributed by atoms with Crippen LogP contribution in [0.2, 0.25) is 5.02 Å². The molecule has 1 radical (unpaired) electrons. The van der Waals surface area contributed by atoms with Crippen LogP contribution in [0.25, 0.3) is 0 Å². The van der Waals surface area contributed by atoms with Gasteiger partial charge >= 0.3 is 0 Å². The molecule has 0 aromatic heterocycles. The first kappa shape index (κ1) is 8.21. The zero-order valence-corrected chi connectivity index (χ0v) is 6.36. The molecule has 0 spiro atoms. The van der Waals surface area contributed by atoms with E-state index in [0.29, 0.717) is 11.8 Å². The van der Waals surface area contributed by atoms with Gasteiger partial charge in [-0.2, -0.15) is 0 Å². The number of hydrogen-bond donors (Lipinski definition) is 0. The van der Waals surface area contributed by atoms with Gasteiger partial charge < -0.3 is 4.79 Å². The summed E-state index contributed by atoms with van der Waals surface area (Å²) in [6.07, 6.45) is 0.868. The minimum absolute atomic E-state index is 0.0275. The van der Waals surface area contributed by atoms with E-state index in [9.17, 15) is 9.18 Å². The normalized spacial score (nSPS) is 9.64. The Morgan fingerprint density at radius 3 is 2.91 bits per heavy atom. The summed E-state index contributed by atoms with van der Waals surface area (Å²) in [7, 11) is 0. The number of rotatable bonds is 2. The molecule has 0 aliphatic carbocycles. The highest BCUT2D eigenvalue weighted by atomic mass is 35.5. The molecule has 3 heteroatoms. The van der Waals surface area contributed by atoms with Crippen molar-refractivity contribution in [2.24, 2.45) is 0 Å². The molecule has 11 heavy (non-hydrogen) atoms. The lowest BCUT2D eigenvalue weighted by Crippen LogP contribution is -1.87. The van der Waals surface area contributed by atoms with Gasteiger partial charge in [0, 0.05) is 12.5 Å². The second kappa shape index (κ2) is 3.49. The fourth-order valence-electron chi connectivity index (χ4n) is 0.698. The van der Waals surface area contributed by atoms with E-state index < -0.39 is 5.82 Å². The Kier molecular flexibility index (Phi) is 2.60. The Hall–Kier alpha value is -0.890. The molecule has 0 unspecified atom stereocenters. The van der Waals surface area contributed by atoms with Crippen LogP contribution < -0.4 is 0 Å². The van der Waals surface area contributed by atoms with Crippen LogP contribution >= 0.6 is 11.6 Å². The maximum Gasteiger partial charge on any atom is 0.150 e. The average molecular weight is 172 g/mol. The molecule has 1 nitrogen and oxygen atoms in total. The topological polar surface area (TPSA) is 17.1 Å². The molecular weight excluding hydrogens is 167 g/mol. The van der Waals surface area contributed by atoms with Crippen molar-refractivity contribution in [3.05, 3.63) is 34.6 Å². The molecule has 1 aromatic rings. The Balaban J connectivity index is 2.95. The Morgan fingerprint density at radius 2 is 2.36 bits per heavy atom. The third-order valence-electron chi connectivity index (χ3n) is 1.21. The molecule has 1 aromatic carbocycles. The van der Waals surface area contributed by atoms with Crippen LogP contribution in [-0.2, 0) is 11.2 Å². The van der Waals surface area contributed by atoms with Gasteiger partial charge in [0.25, 0.3) is 0 Å². The van der Waals surface area contributed by atoms with Gasteiger partial charge in [-0.25, -0.2) is 4.39 Å². The van der Waals surface area contributed by atoms with E-state index in [1.165, 1.54) is 6.07 Å². The van der Waals surface area contributed by atoms with Gasteiger partial charge in [-0.15, -0.1) is 0 Å². The highest BCUT2D eigenvalue weighted by Gasteiger charge is 2.00. The smallest absolute Gasteiger partial charge is 0.150 e. The molecule has 0 aliphatic rings. The van der Waals surface area contributed by atoms with Gasteiger partial charge in [-0.05, 0) is 11.6 Å². The lowest BCUT2D eigenvalue weighted by Gasteiger charge is -1.95. The molecule has 57 valence electrons. The van der Waals surface area contributed by atoms with Crippen LogP contribution in [0, 0.1) is 11.9 Å². The SMILES string of the molecule is O=CCc1[c]c(F)c(Cl)cc1. The first-order chi connectivity index (χ1) is 5.24. The van der Waals surface area contributed by atoms with E-state index >= 15 is 0 Å². The highest BCUT2D eigenvalue weighted by Crippen LogP contribution is 2.14. The van der Waals surface area contributed by atoms with Gasteiger partial charge in [-0.1, -0.05) is 17.7 Å². The third-order valence-corrected chi connectivity index (χ3v) is 1.51. The van der Waals surface area contributed by atoms with Crippen LogP contribution in [0.5, 0.6) is 0 Å². The van der Waals surface area contributed by atoms with Crippen molar-refractivity contribution in [3.63, 3.8) is 0 Å². The van der Waals surface area contributed by atoms with Crippen molar-refractivity contribution in [2.75, 3.05) is 0 Å². The van der Waals surface area contributed by atoms with E-state index in [4.69, 9.17) is 11.6 Å². The summed E-state index contributed by atoms with van der Waals surface area (Å²) in [6, 6.07) is 5.32. The number of carbonyl (C=O) groups is 1.